The van der Waals surface area contributed by atoms with Crippen molar-refractivity contribution in [3.05, 3.63) is 42.2 Å². The maximum atomic E-state index is 12.3. The Balaban J connectivity index is 1.72. The number of aromatic nitrogens is 2. The van der Waals surface area contributed by atoms with Crippen LogP contribution in [0.4, 0.5) is 11.6 Å². The average Bonchev–Trinajstić information content (AvgIpc) is 2.62. The second kappa shape index (κ2) is 7.16. The number of amides is 1. The lowest BCUT2D eigenvalue weighted by atomic mass is 10.1. The second-order valence-electron chi connectivity index (χ2n) is 5.83. The Hall–Kier alpha value is -2.52. The molecule has 1 aliphatic heterocycles. The molecular weight excluding hydrogens is 342 g/mol. The fourth-order valence-electron chi connectivity index (χ4n) is 2.70. The molecule has 0 saturated carbocycles. The fraction of sp³-hybridized carbons (Fsp3) is 0.312. The summed E-state index contributed by atoms with van der Waals surface area (Å²) >= 11 is 0. The number of carbonyl (C=O) groups excluding carboxylic acids is 1. The first-order valence-corrected chi connectivity index (χ1v) is 9.49. The topological polar surface area (TPSA) is 118 Å². The van der Waals surface area contributed by atoms with Crippen LogP contribution >= 0.6 is 0 Å². The summed E-state index contributed by atoms with van der Waals surface area (Å²) in [6.45, 7) is 1.89. The number of hydrogen-bond acceptors (Lipinski definition) is 6. The largest absolute Gasteiger partial charge is 0.356 e. The molecule has 3 rings (SSSR count). The molecule has 0 spiro atoms. The van der Waals surface area contributed by atoms with Gasteiger partial charge in [-0.2, -0.15) is 0 Å². The molecule has 0 atom stereocenters. The number of hydrogen-bond donors (Lipinski definition) is 2. The summed E-state index contributed by atoms with van der Waals surface area (Å²) in [4.78, 5) is 22.8. The lowest BCUT2D eigenvalue weighted by Gasteiger charge is -2.27. The highest BCUT2D eigenvalue weighted by atomic mass is 32.2. The van der Waals surface area contributed by atoms with Crippen LogP contribution < -0.4 is 15.4 Å². The van der Waals surface area contributed by atoms with Gasteiger partial charge < -0.3 is 10.2 Å². The van der Waals surface area contributed by atoms with Gasteiger partial charge in [0.15, 0.2) is 0 Å². The Bertz CT molecular complexity index is 862. The molecule has 0 aliphatic carbocycles. The van der Waals surface area contributed by atoms with Crippen LogP contribution in [0, 0.1) is 0 Å². The predicted molar refractivity (Wildman–Crippen MR) is 93.9 cm³/mol. The van der Waals surface area contributed by atoms with E-state index in [0.29, 0.717) is 11.4 Å². The molecular formula is C16H19N5O3S. The van der Waals surface area contributed by atoms with Gasteiger partial charge in [-0.1, -0.05) is 0 Å². The van der Waals surface area contributed by atoms with Crippen molar-refractivity contribution in [3.8, 4) is 0 Å². The van der Waals surface area contributed by atoms with Crippen LogP contribution in [0.2, 0.25) is 0 Å². The van der Waals surface area contributed by atoms with Crippen molar-refractivity contribution in [2.24, 2.45) is 5.14 Å². The third-order valence-electron chi connectivity index (χ3n) is 4.02. The number of rotatable bonds is 4. The van der Waals surface area contributed by atoms with Crippen molar-refractivity contribution < 1.29 is 13.2 Å². The average molecular weight is 361 g/mol. The second-order valence-corrected chi connectivity index (χ2v) is 7.39. The van der Waals surface area contributed by atoms with Crippen molar-refractivity contribution in [1.29, 1.82) is 0 Å². The van der Waals surface area contributed by atoms with E-state index in [-0.39, 0.29) is 10.8 Å². The van der Waals surface area contributed by atoms with Crippen LogP contribution in [0.1, 0.15) is 29.6 Å². The standard InChI is InChI=1S/C16H19N5O3S/c17-25(23,24)13-6-4-12(5-7-13)16(22)20-14-10-15(19-11-18-14)21-8-2-1-3-9-21/h4-7,10-11H,1-3,8-9H2,(H2,17,23,24)(H,18,19,20,22). The first-order valence-electron chi connectivity index (χ1n) is 7.95. The van der Waals surface area contributed by atoms with E-state index < -0.39 is 10.0 Å². The molecule has 2 heterocycles. The maximum Gasteiger partial charge on any atom is 0.256 e. The number of carbonyl (C=O) groups is 1. The van der Waals surface area contributed by atoms with Gasteiger partial charge in [-0.15, -0.1) is 0 Å². The molecule has 9 heteroatoms. The smallest absolute Gasteiger partial charge is 0.256 e. The number of benzene rings is 1. The van der Waals surface area contributed by atoms with Crippen molar-refractivity contribution in [2.45, 2.75) is 24.2 Å². The number of nitrogens with zero attached hydrogens (tertiary/aromatic N) is 3. The summed E-state index contributed by atoms with van der Waals surface area (Å²) in [5, 5.41) is 7.74. The van der Waals surface area contributed by atoms with Gasteiger partial charge in [-0.3, -0.25) is 4.79 Å². The minimum Gasteiger partial charge on any atom is -0.356 e. The highest BCUT2D eigenvalue weighted by molar-refractivity contribution is 7.89. The number of anilines is 2. The normalized spacial score (nSPS) is 15.0. The minimum absolute atomic E-state index is 0.0431. The highest BCUT2D eigenvalue weighted by Crippen LogP contribution is 2.19. The molecule has 0 radical (unpaired) electrons. The Morgan fingerprint density at radius 3 is 2.40 bits per heavy atom. The Labute approximate surface area is 146 Å². The number of nitrogens with two attached hydrogens (primary N) is 1. The molecule has 1 fully saturated rings. The van der Waals surface area contributed by atoms with Crippen LogP contribution in [-0.4, -0.2) is 37.4 Å². The van der Waals surface area contributed by atoms with Crippen molar-refractivity contribution in [2.75, 3.05) is 23.3 Å². The molecule has 1 aromatic carbocycles. The van der Waals surface area contributed by atoms with Crippen LogP contribution in [0.5, 0.6) is 0 Å². The minimum atomic E-state index is -3.78. The third-order valence-corrected chi connectivity index (χ3v) is 4.95. The van der Waals surface area contributed by atoms with Gasteiger partial charge in [-0.05, 0) is 43.5 Å². The Morgan fingerprint density at radius 2 is 1.76 bits per heavy atom. The zero-order valence-corrected chi connectivity index (χ0v) is 14.4. The number of sulfonamides is 1. The summed E-state index contributed by atoms with van der Waals surface area (Å²) in [6, 6.07) is 7.14. The zero-order chi connectivity index (χ0) is 17.9. The predicted octanol–water partition coefficient (Wildman–Crippen LogP) is 1.37. The molecule has 1 aliphatic rings. The summed E-state index contributed by atoms with van der Waals surface area (Å²) < 4.78 is 22.5. The van der Waals surface area contributed by atoms with E-state index in [9.17, 15) is 13.2 Å². The summed E-state index contributed by atoms with van der Waals surface area (Å²) in [5.41, 5.74) is 0.311. The molecule has 0 unspecified atom stereocenters. The SMILES string of the molecule is NS(=O)(=O)c1ccc(C(=O)Nc2cc(N3CCCCC3)ncn2)cc1. The zero-order valence-electron chi connectivity index (χ0n) is 13.6. The molecule has 3 N–H and O–H groups in total. The summed E-state index contributed by atoms with van der Waals surface area (Å²) in [6.07, 6.45) is 4.90. The van der Waals surface area contributed by atoms with Crippen molar-refractivity contribution in [1.82, 2.24) is 9.97 Å². The van der Waals surface area contributed by atoms with E-state index in [2.05, 4.69) is 20.2 Å². The van der Waals surface area contributed by atoms with Gasteiger partial charge >= 0.3 is 0 Å². The van der Waals surface area contributed by atoms with Crippen LogP contribution in [0.15, 0.2) is 41.6 Å². The Morgan fingerprint density at radius 1 is 1.08 bits per heavy atom. The van der Waals surface area contributed by atoms with Crippen LogP contribution in [0.25, 0.3) is 0 Å². The summed E-state index contributed by atoms with van der Waals surface area (Å²) in [7, 11) is -3.78. The van der Waals surface area contributed by atoms with E-state index in [1.165, 1.54) is 37.0 Å². The first kappa shape index (κ1) is 17.3. The van der Waals surface area contributed by atoms with E-state index in [4.69, 9.17) is 5.14 Å². The monoisotopic (exact) mass is 361 g/mol. The quantitative estimate of drug-likeness (QED) is 0.849. The molecule has 132 valence electrons. The number of nitrogens with one attached hydrogen (secondary N) is 1. The molecule has 0 bridgehead atoms. The lowest BCUT2D eigenvalue weighted by molar-refractivity contribution is 0.102. The van der Waals surface area contributed by atoms with Crippen molar-refractivity contribution in [3.63, 3.8) is 0 Å². The van der Waals surface area contributed by atoms with E-state index in [0.717, 1.165) is 31.7 Å². The first-order chi connectivity index (χ1) is 11.9. The van der Waals surface area contributed by atoms with Crippen LogP contribution in [0.3, 0.4) is 0 Å². The number of piperidine rings is 1. The molecule has 1 saturated heterocycles. The summed E-state index contributed by atoms with van der Waals surface area (Å²) in [5.74, 6) is 0.801. The Kier molecular flexibility index (Phi) is 4.95. The number of primary sulfonamides is 1. The fourth-order valence-corrected chi connectivity index (χ4v) is 3.21. The molecule has 8 nitrogen and oxygen atoms in total. The van der Waals surface area contributed by atoms with Crippen LogP contribution in [-0.2, 0) is 10.0 Å². The maximum absolute atomic E-state index is 12.3. The van der Waals surface area contributed by atoms with Gasteiger partial charge in [0, 0.05) is 24.7 Å². The molecule has 1 aromatic heterocycles. The van der Waals surface area contributed by atoms with Gasteiger partial charge in [0.25, 0.3) is 5.91 Å². The third kappa shape index (κ3) is 4.31. The molecule has 2 aromatic rings. The van der Waals surface area contributed by atoms with Gasteiger partial charge in [0.1, 0.15) is 18.0 Å². The lowest BCUT2D eigenvalue weighted by Crippen LogP contribution is -2.30. The van der Waals surface area contributed by atoms with Gasteiger partial charge in [-0.25, -0.2) is 23.5 Å². The van der Waals surface area contributed by atoms with E-state index >= 15 is 0 Å². The molecule has 25 heavy (non-hydrogen) atoms. The van der Waals surface area contributed by atoms with Gasteiger partial charge in [0.2, 0.25) is 10.0 Å². The van der Waals surface area contributed by atoms with Crippen molar-refractivity contribution >= 4 is 27.6 Å². The molecule has 1 amide bonds. The van der Waals surface area contributed by atoms with E-state index in [1.54, 1.807) is 6.07 Å². The van der Waals surface area contributed by atoms with Gasteiger partial charge in [0.05, 0.1) is 4.90 Å². The van der Waals surface area contributed by atoms with E-state index in [1.807, 2.05) is 0 Å². The highest BCUT2D eigenvalue weighted by Gasteiger charge is 2.14.